The van der Waals surface area contributed by atoms with Crippen molar-refractivity contribution in [3.63, 3.8) is 0 Å². The molecule has 0 aliphatic heterocycles. The summed E-state index contributed by atoms with van der Waals surface area (Å²) in [4.78, 5) is 0. The average molecular weight is 367 g/mol. The third kappa shape index (κ3) is 3.98. The standard InChI is InChI=1S/C26H38N/c1-18-14-21-22(26(7,8)13-12-25(21,5)6)15-20(18)23-11-10-19(17-27(23)9)16-24(2,3)4/h10-11,14-15,17H,12-13,16H2,1-9H3/q+1/i16D2. The molecule has 0 atom stereocenters. The molecule has 1 aromatic carbocycles. The molecule has 1 nitrogen and oxygen atoms in total. The molecular formula is C26H38N+. The minimum absolute atomic E-state index is 0.176. The number of benzene rings is 1. The molecule has 0 amide bonds. The molecule has 0 N–H and O–H groups in total. The first-order valence-corrected chi connectivity index (χ1v) is 10.2. The Balaban J connectivity index is 2.16. The van der Waals surface area contributed by atoms with E-state index in [1.807, 2.05) is 40.1 Å². The summed E-state index contributed by atoms with van der Waals surface area (Å²) in [5, 5.41) is 0. The fourth-order valence-corrected chi connectivity index (χ4v) is 4.39. The highest BCUT2D eigenvalue weighted by atomic mass is 14.9. The van der Waals surface area contributed by atoms with E-state index in [0.29, 0.717) is 0 Å². The first kappa shape index (κ1) is 17.5. The summed E-state index contributed by atoms with van der Waals surface area (Å²) in [6.45, 7) is 17.5. The van der Waals surface area contributed by atoms with Gasteiger partial charge >= 0.3 is 0 Å². The largest absolute Gasteiger partial charge is 0.212 e. The molecular weight excluding hydrogens is 326 g/mol. The van der Waals surface area contributed by atoms with Gasteiger partial charge in [0, 0.05) is 19.9 Å². The van der Waals surface area contributed by atoms with Crippen molar-refractivity contribution in [3.8, 4) is 11.3 Å². The van der Waals surface area contributed by atoms with Gasteiger partial charge in [0.25, 0.3) is 0 Å². The maximum absolute atomic E-state index is 8.61. The fraction of sp³-hybridized carbons (Fsp3) is 0.577. The minimum Gasteiger partial charge on any atom is -0.201 e. The minimum atomic E-state index is -1.39. The van der Waals surface area contributed by atoms with Gasteiger partial charge in [0.1, 0.15) is 7.05 Å². The zero-order chi connectivity index (χ0) is 22.0. The van der Waals surface area contributed by atoms with E-state index in [4.69, 9.17) is 2.74 Å². The zero-order valence-corrected chi connectivity index (χ0v) is 18.7. The third-order valence-electron chi connectivity index (χ3n) is 6.13. The molecule has 0 saturated carbocycles. The Morgan fingerprint density at radius 2 is 1.56 bits per heavy atom. The van der Waals surface area contributed by atoms with Gasteiger partial charge in [0.05, 0.1) is 0 Å². The topological polar surface area (TPSA) is 3.88 Å². The highest BCUT2D eigenvalue weighted by Gasteiger charge is 2.38. The van der Waals surface area contributed by atoms with Crippen LogP contribution in [0.5, 0.6) is 0 Å². The van der Waals surface area contributed by atoms with Crippen LogP contribution in [0.25, 0.3) is 11.3 Å². The number of hydrogen-bond donors (Lipinski definition) is 0. The number of nitrogens with zero attached hydrogens (tertiary/aromatic N) is 1. The molecule has 2 aromatic rings. The monoisotopic (exact) mass is 366 g/mol. The van der Waals surface area contributed by atoms with Crippen molar-refractivity contribution in [2.75, 3.05) is 0 Å². The summed E-state index contributed by atoms with van der Waals surface area (Å²) in [7, 11) is 2.03. The quantitative estimate of drug-likeness (QED) is 0.540. The SMILES string of the molecule is [2H]C([2H])(c1ccc(-c2cc3c(cc2C)C(C)(C)CCC3(C)C)[n+](C)c1)C(C)(C)C. The predicted octanol–water partition coefficient (Wildman–Crippen LogP) is 6.42. The fourth-order valence-electron chi connectivity index (χ4n) is 4.39. The molecule has 0 bridgehead atoms. The van der Waals surface area contributed by atoms with E-state index in [1.165, 1.54) is 35.1 Å². The Labute approximate surface area is 169 Å². The Morgan fingerprint density at radius 3 is 2.07 bits per heavy atom. The second-order valence-electron chi connectivity index (χ2n) is 10.8. The van der Waals surface area contributed by atoms with Crippen molar-refractivity contribution in [2.24, 2.45) is 12.5 Å². The van der Waals surface area contributed by atoms with E-state index in [-0.39, 0.29) is 10.8 Å². The van der Waals surface area contributed by atoms with E-state index in [9.17, 15) is 0 Å². The molecule has 0 unspecified atom stereocenters. The van der Waals surface area contributed by atoms with Crippen LogP contribution in [0.4, 0.5) is 0 Å². The summed E-state index contributed by atoms with van der Waals surface area (Å²) in [5.41, 5.74) is 7.28. The number of pyridine rings is 1. The van der Waals surface area contributed by atoms with Crippen molar-refractivity contribution in [2.45, 2.75) is 85.4 Å². The maximum Gasteiger partial charge on any atom is 0.212 e. The zero-order valence-electron chi connectivity index (χ0n) is 20.7. The van der Waals surface area contributed by atoms with E-state index >= 15 is 0 Å². The Bertz CT molecular complexity index is 946. The first-order chi connectivity index (χ1) is 13.1. The molecule has 3 rings (SSSR count). The smallest absolute Gasteiger partial charge is 0.201 e. The molecule has 0 saturated heterocycles. The van der Waals surface area contributed by atoms with Gasteiger partial charge < -0.3 is 0 Å². The first-order valence-electron chi connectivity index (χ1n) is 11.2. The molecule has 0 radical (unpaired) electrons. The van der Waals surface area contributed by atoms with Crippen LogP contribution in [0, 0.1) is 12.3 Å². The number of rotatable bonds is 2. The van der Waals surface area contributed by atoms with Gasteiger partial charge in [-0.25, -0.2) is 4.57 Å². The highest BCUT2D eigenvalue weighted by molar-refractivity contribution is 5.65. The Hall–Kier alpha value is -1.63. The van der Waals surface area contributed by atoms with Crippen LogP contribution in [0.15, 0.2) is 30.5 Å². The molecule has 27 heavy (non-hydrogen) atoms. The van der Waals surface area contributed by atoms with Gasteiger partial charge in [-0.15, -0.1) is 0 Å². The number of fused-ring (bicyclic) bond motifs is 1. The van der Waals surface area contributed by atoms with Gasteiger partial charge in [-0.1, -0.05) is 54.5 Å². The van der Waals surface area contributed by atoms with E-state index < -0.39 is 11.8 Å². The molecule has 1 aliphatic carbocycles. The Morgan fingerprint density at radius 1 is 1.00 bits per heavy atom. The summed E-state index contributed by atoms with van der Waals surface area (Å²) in [6.07, 6.45) is 3.00. The predicted molar refractivity (Wildman–Crippen MR) is 116 cm³/mol. The summed E-state index contributed by atoms with van der Waals surface area (Å²) in [5.74, 6) is 0. The van der Waals surface area contributed by atoms with Gasteiger partial charge in [0.2, 0.25) is 5.69 Å². The van der Waals surface area contributed by atoms with Crippen LogP contribution < -0.4 is 4.57 Å². The van der Waals surface area contributed by atoms with Gasteiger partial charge in [-0.3, -0.25) is 0 Å². The maximum atomic E-state index is 8.61. The number of hydrogen-bond acceptors (Lipinski definition) is 0. The van der Waals surface area contributed by atoms with E-state index in [2.05, 4.69) is 57.4 Å². The molecule has 1 heteroatoms. The summed E-state index contributed by atoms with van der Waals surface area (Å²) < 4.78 is 19.3. The molecule has 1 aliphatic rings. The molecule has 1 aromatic heterocycles. The Kier molecular flexibility index (Phi) is 4.18. The van der Waals surface area contributed by atoms with Crippen LogP contribution in [-0.4, -0.2) is 0 Å². The lowest BCUT2D eigenvalue weighted by molar-refractivity contribution is -0.660. The lowest BCUT2D eigenvalue weighted by Gasteiger charge is -2.42. The molecule has 0 fully saturated rings. The third-order valence-corrected chi connectivity index (χ3v) is 6.13. The van der Waals surface area contributed by atoms with Crippen LogP contribution in [-0.2, 0) is 24.3 Å². The molecule has 146 valence electrons. The lowest BCUT2D eigenvalue weighted by atomic mass is 9.62. The van der Waals surface area contributed by atoms with Crippen LogP contribution in [0.3, 0.4) is 0 Å². The van der Waals surface area contributed by atoms with Gasteiger partial charge in [0.15, 0.2) is 6.20 Å². The van der Waals surface area contributed by atoms with Crippen molar-refractivity contribution in [1.82, 2.24) is 0 Å². The average Bonchev–Trinajstić information content (AvgIpc) is 2.58. The lowest BCUT2D eigenvalue weighted by Crippen LogP contribution is -2.35. The van der Waals surface area contributed by atoms with Crippen LogP contribution in [0.1, 0.15) is 86.3 Å². The summed E-state index contributed by atoms with van der Waals surface area (Å²) in [6, 6.07) is 8.86. The van der Waals surface area contributed by atoms with E-state index in [0.717, 1.165) is 11.3 Å². The van der Waals surface area contributed by atoms with Gasteiger partial charge in [-0.2, -0.15) is 0 Å². The van der Waals surface area contributed by atoms with Gasteiger partial charge in [-0.05, 0) is 71.2 Å². The van der Waals surface area contributed by atoms with E-state index in [1.54, 1.807) is 0 Å². The van der Waals surface area contributed by atoms with Crippen molar-refractivity contribution < 1.29 is 7.31 Å². The second-order valence-corrected chi connectivity index (χ2v) is 10.8. The normalized spacial score (nSPS) is 19.9. The van der Waals surface area contributed by atoms with Crippen molar-refractivity contribution in [3.05, 3.63) is 52.7 Å². The number of aromatic nitrogens is 1. The van der Waals surface area contributed by atoms with Crippen molar-refractivity contribution >= 4 is 0 Å². The van der Waals surface area contributed by atoms with Crippen molar-refractivity contribution in [1.29, 1.82) is 0 Å². The van der Waals surface area contributed by atoms with Crippen LogP contribution >= 0.6 is 0 Å². The highest BCUT2D eigenvalue weighted by Crippen LogP contribution is 2.47. The molecule has 1 heterocycles. The second kappa shape index (κ2) is 6.47. The van der Waals surface area contributed by atoms with Crippen LogP contribution in [0.2, 0.25) is 0 Å². The molecule has 0 spiro atoms. The summed E-state index contributed by atoms with van der Waals surface area (Å²) >= 11 is 0. The number of aryl methyl sites for hydroxylation is 2.